The molecule has 0 amide bonds. The Morgan fingerprint density at radius 2 is 2.08 bits per heavy atom. The van der Waals surface area contributed by atoms with Gasteiger partial charge < -0.3 is 14.3 Å². The summed E-state index contributed by atoms with van der Waals surface area (Å²) >= 11 is 0. The molecule has 0 saturated heterocycles. The predicted octanol–water partition coefficient (Wildman–Crippen LogP) is -0.854. The zero-order valence-corrected chi connectivity index (χ0v) is 6.43. The van der Waals surface area contributed by atoms with Gasteiger partial charge in [-0.3, -0.25) is 9.59 Å². The molecule has 1 aliphatic carbocycles. The number of esters is 1. The van der Waals surface area contributed by atoms with Crippen molar-refractivity contribution in [3.63, 3.8) is 0 Å². The lowest BCUT2D eigenvalue weighted by Gasteiger charge is -1.94. The maximum absolute atomic E-state index is 10.9. The summed E-state index contributed by atoms with van der Waals surface area (Å²) in [4.78, 5) is 31.0. The van der Waals surface area contributed by atoms with Crippen LogP contribution in [0, 0.1) is 11.8 Å². The van der Waals surface area contributed by atoms with E-state index < -0.39 is 23.9 Å². The van der Waals surface area contributed by atoms with Crippen molar-refractivity contribution in [1.82, 2.24) is 0 Å². The second-order valence-corrected chi connectivity index (χ2v) is 2.46. The van der Waals surface area contributed by atoms with Crippen LogP contribution in [0.5, 0.6) is 0 Å². The molecule has 0 radical (unpaired) electrons. The normalized spacial score (nSPS) is 31.9. The highest BCUT2D eigenvalue weighted by Crippen LogP contribution is 2.40. The molecule has 0 spiro atoms. The van der Waals surface area contributed by atoms with E-state index in [9.17, 15) is 14.4 Å². The van der Waals surface area contributed by atoms with Crippen LogP contribution in [0.3, 0.4) is 0 Å². The van der Waals surface area contributed by atoms with Crippen molar-refractivity contribution in [2.75, 3.05) is 7.11 Å². The Kier molecular flexibility index (Phi) is 2.42. The molecule has 0 N–H and O–H groups in total. The Hall–Kier alpha value is -1.39. The highest BCUT2D eigenvalue weighted by atomic mass is 16.6. The average molecular weight is 172 g/mol. The number of carbonyl (C=O) groups is 3. The summed E-state index contributed by atoms with van der Waals surface area (Å²) in [7, 11) is 1.22. The van der Waals surface area contributed by atoms with Crippen molar-refractivity contribution in [1.29, 1.82) is 0 Å². The zero-order valence-electron chi connectivity index (χ0n) is 6.43. The van der Waals surface area contributed by atoms with Crippen LogP contribution in [0.1, 0.15) is 0 Å². The molecule has 3 atom stereocenters. The number of rotatable bonds is 4. The number of hydrogen-bond donors (Lipinski definition) is 0. The molecular weight excluding hydrogens is 164 g/mol. The van der Waals surface area contributed by atoms with Crippen LogP contribution < -0.4 is 0 Å². The van der Waals surface area contributed by atoms with Gasteiger partial charge in [-0.05, 0) is 0 Å². The van der Waals surface area contributed by atoms with E-state index in [0.717, 1.165) is 0 Å². The van der Waals surface area contributed by atoms with Crippen LogP contribution in [0.15, 0.2) is 0 Å². The third-order valence-electron chi connectivity index (χ3n) is 1.85. The standard InChI is InChI=1S/C7H8O5/c1-11-7(10)5-4(2-8)6(5)12-3-9/h2-6H,1H3/t4-,5-,6-/m0/s1. The van der Waals surface area contributed by atoms with E-state index in [1.54, 1.807) is 0 Å². The van der Waals surface area contributed by atoms with Gasteiger partial charge in [0.15, 0.2) is 0 Å². The minimum atomic E-state index is -0.618. The van der Waals surface area contributed by atoms with Crippen molar-refractivity contribution in [2.45, 2.75) is 6.10 Å². The Labute approximate surface area is 68.6 Å². The SMILES string of the molecule is COC(=O)[C@H]1[C@H](C=O)[C@@H]1OC=O. The van der Waals surface area contributed by atoms with Gasteiger partial charge in [0.05, 0.1) is 13.0 Å². The van der Waals surface area contributed by atoms with E-state index in [1.807, 2.05) is 0 Å². The molecule has 1 aliphatic rings. The molecule has 0 bridgehead atoms. The van der Waals surface area contributed by atoms with Crippen LogP contribution in [0.4, 0.5) is 0 Å². The van der Waals surface area contributed by atoms with Gasteiger partial charge in [0.25, 0.3) is 6.47 Å². The first kappa shape index (κ1) is 8.70. The lowest BCUT2D eigenvalue weighted by atomic mass is 10.3. The summed E-state index contributed by atoms with van der Waals surface area (Å²) in [5.41, 5.74) is 0. The maximum Gasteiger partial charge on any atom is 0.313 e. The Bertz CT molecular complexity index is 212. The molecular formula is C7H8O5. The fourth-order valence-electron chi connectivity index (χ4n) is 1.13. The zero-order chi connectivity index (χ0) is 9.14. The highest BCUT2D eigenvalue weighted by Gasteiger charge is 2.58. The molecule has 1 saturated carbocycles. The minimum Gasteiger partial charge on any atom is -0.469 e. The highest BCUT2D eigenvalue weighted by molar-refractivity contribution is 5.83. The van der Waals surface area contributed by atoms with E-state index in [2.05, 4.69) is 9.47 Å². The van der Waals surface area contributed by atoms with Gasteiger partial charge in [-0.15, -0.1) is 0 Å². The molecule has 5 nitrogen and oxygen atoms in total. The fourth-order valence-corrected chi connectivity index (χ4v) is 1.13. The first-order valence-electron chi connectivity index (χ1n) is 3.38. The molecule has 5 heteroatoms. The third-order valence-corrected chi connectivity index (χ3v) is 1.85. The maximum atomic E-state index is 10.9. The van der Waals surface area contributed by atoms with E-state index in [-0.39, 0.29) is 6.47 Å². The number of ether oxygens (including phenoxy) is 2. The van der Waals surface area contributed by atoms with Gasteiger partial charge in [0, 0.05) is 0 Å². The fraction of sp³-hybridized carbons (Fsp3) is 0.571. The van der Waals surface area contributed by atoms with Crippen molar-refractivity contribution in [2.24, 2.45) is 11.8 Å². The van der Waals surface area contributed by atoms with Gasteiger partial charge in [0.1, 0.15) is 18.3 Å². The lowest BCUT2D eigenvalue weighted by molar-refractivity contribution is -0.144. The van der Waals surface area contributed by atoms with Crippen LogP contribution in [-0.2, 0) is 23.9 Å². The van der Waals surface area contributed by atoms with Crippen LogP contribution >= 0.6 is 0 Å². The molecule has 1 fully saturated rings. The molecule has 1 rings (SSSR count). The third kappa shape index (κ3) is 1.30. The smallest absolute Gasteiger partial charge is 0.313 e. The van der Waals surface area contributed by atoms with Crippen LogP contribution in [-0.4, -0.2) is 31.9 Å². The molecule has 66 valence electrons. The van der Waals surface area contributed by atoms with Crippen LogP contribution in [0.25, 0.3) is 0 Å². The van der Waals surface area contributed by atoms with Gasteiger partial charge in [-0.25, -0.2) is 0 Å². The summed E-state index contributed by atoms with van der Waals surface area (Å²) in [5.74, 6) is -1.64. The second-order valence-electron chi connectivity index (χ2n) is 2.46. The predicted molar refractivity (Wildman–Crippen MR) is 36.0 cm³/mol. The van der Waals surface area contributed by atoms with Gasteiger partial charge in [0.2, 0.25) is 0 Å². The van der Waals surface area contributed by atoms with Crippen molar-refractivity contribution < 1.29 is 23.9 Å². The molecule has 12 heavy (non-hydrogen) atoms. The first-order valence-corrected chi connectivity index (χ1v) is 3.38. The summed E-state index contributed by atoms with van der Waals surface area (Å²) in [6.45, 7) is 0.226. The van der Waals surface area contributed by atoms with E-state index >= 15 is 0 Å². The summed E-state index contributed by atoms with van der Waals surface area (Å²) < 4.78 is 8.87. The average Bonchev–Trinajstić information content (AvgIpc) is 2.78. The Morgan fingerprint density at radius 3 is 2.50 bits per heavy atom. The molecule has 0 aromatic carbocycles. The first-order chi connectivity index (χ1) is 5.76. The minimum absolute atomic E-state index is 0.226. The monoisotopic (exact) mass is 172 g/mol. The van der Waals surface area contributed by atoms with Gasteiger partial charge in [-0.1, -0.05) is 0 Å². The summed E-state index contributed by atoms with van der Waals surface area (Å²) in [6, 6.07) is 0. The van der Waals surface area contributed by atoms with E-state index in [1.165, 1.54) is 7.11 Å². The van der Waals surface area contributed by atoms with Crippen molar-refractivity contribution in [3.05, 3.63) is 0 Å². The number of methoxy groups -OCH3 is 1. The molecule has 0 heterocycles. The number of carbonyl (C=O) groups excluding carboxylic acids is 3. The number of aldehydes is 1. The largest absolute Gasteiger partial charge is 0.469 e. The van der Waals surface area contributed by atoms with Crippen molar-refractivity contribution in [3.8, 4) is 0 Å². The quantitative estimate of drug-likeness (QED) is 0.408. The molecule has 0 aromatic heterocycles. The van der Waals surface area contributed by atoms with Crippen LogP contribution in [0.2, 0.25) is 0 Å². The summed E-state index contributed by atoms with van der Waals surface area (Å²) in [6.07, 6.45) is -0.0251. The van der Waals surface area contributed by atoms with E-state index in [0.29, 0.717) is 6.29 Å². The summed E-state index contributed by atoms with van der Waals surface area (Å²) in [5, 5.41) is 0. The molecule has 0 aliphatic heterocycles. The Morgan fingerprint density at radius 1 is 1.42 bits per heavy atom. The lowest BCUT2D eigenvalue weighted by Crippen LogP contribution is -2.07. The van der Waals surface area contributed by atoms with Gasteiger partial charge in [-0.2, -0.15) is 0 Å². The number of hydrogen-bond acceptors (Lipinski definition) is 5. The molecule has 0 unspecified atom stereocenters. The topological polar surface area (TPSA) is 69.7 Å². The Balaban J connectivity index is 2.51. The molecule has 0 aromatic rings. The second kappa shape index (κ2) is 3.34. The van der Waals surface area contributed by atoms with E-state index in [4.69, 9.17) is 0 Å². The van der Waals surface area contributed by atoms with Gasteiger partial charge >= 0.3 is 5.97 Å². The van der Waals surface area contributed by atoms with Crippen molar-refractivity contribution >= 4 is 18.7 Å².